The van der Waals surface area contributed by atoms with Gasteiger partial charge in [0.25, 0.3) is 0 Å². The molecule has 0 bridgehead atoms. The Kier molecular flexibility index (Phi) is 6.88. The first-order chi connectivity index (χ1) is 18.5. The normalized spacial score (nSPS) is 11.8. The number of aliphatic hydroxyl groups excluding tert-OH is 1. The molecule has 0 spiro atoms. The van der Waals surface area contributed by atoms with E-state index in [0.29, 0.717) is 39.7 Å². The van der Waals surface area contributed by atoms with Crippen molar-refractivity contribution in [1.29, 1.82) is 0 Å². The second kappa shape index (κ2) is 10.0. The Labute approximate surface area is 229 Å². The molecule has 2 aromatic carbocycles. The molecule has 5 rings (SSSR count). The Bertz CT molecular complexity index is 1850. The molecule has 0 saturated carbocycles. The maximum Gasteiger partial charge on any atom is 0.192 e. The van der Waals surface area contributed by atoms with E-state index in [1.165, 1.54) is 12.1 Å². The Hall–Kier alpha value is -3.86. The molecule has 11 heteroatoms. The minimum atomic E-state index is -3.82. The van der Waals surface area contributed by atoms with Crippen molar-refractivity contribution < 1.29 is 22.3 Å². The van der Waals surface area contributed by atoms with Crippen LogP contribution in [0.5, 0.6) is 0 Å². The summed E-state index contributed by atoms with van der Waals surface area (Å²) in [6.45, 7) is 4.73. The summed E-state index contributed by atoms with van der Waals surface area (Å²) in [5.74, 6) is 0.709. The first-order valence-corrected chi connectivity index (χ1v) is 14.1. The second-order valence-corrected chi connectivity index (χ2v) is 11.5. The highest BCUT2D eigenvalue weighted by Gasteiger charge is 2.23. The highest BCUT2D eigenvalue weighted by atomic mass is 35.5. The third-order valence-electron chi connectivity index (χ3n) is 6.24. The van der Waals surface area contributed by atoms with Gasteiger partial charge in [-0.05, 0) is 61.4 Å². The molecule has 0 amide bonds. The summed E-state index contributed by atoms with van der Waals surface area (Å²) in [5, 5.41) is 9.91. The molecule has 3 heterocycles. The van der Waals surface area contributed by atoms with Crippen LogP contribution in [0.3, 0.4) is 0 Å². The van der Waals surface area contributed by atoms with E-state index in [2.05, 4.69) is 15.0 Å². The zero-order chi connectivity index (χ0) is 28.1. The molecule has 0 aliphatic rings. The van der Waals surface area contributed by atoms with Gasteiger partial charge in [0.15, 0.2) is 21.5 Å². The fraction of sp³-hybridized carbons (Fsp3) is 0.179. The van der Waals surface area contributed by atoms with Crippen LogP contribution < -0.4 is 0 Å². The molecule has 39 heavy (non-hydrogen) atoms. The lowest BCUT2D eigenvalue weighted by Crippen LogP contribution is -2.06. The summed E-state index contributed by atoms with van der Waals surface area (Å²) in [5.41, 5.74) is 3.69. The van der Waals surface area contributed by atoms with Crippen molar-refractivity contribution >= 4 is 21.4 Å². The van der Waals surface area contributed by atoms with E-state index < -0.39 is 22.3 Å². The van der Waals surface area contributed by atoms with Gasteiger partial charge in [-0.1, -0.05) is 23.7 Å². The smallest absolute Gasteiger partial charge is 0.192 e. The number of aliphatic hydroxyl groups is 1. The van der Waals surface area contributed by atoms with Crippen molar-refractivity contribution in [2.75, 3.05) is 6.26 Å². The average Bonchev–Trinajstić information content (AvgIpc) is 3.43. The quantitative estimate of drug-likeness (QED) is 0.256. The van der Waals surface area contributed by atoms with E-state index in [0.717, 1.165) is 23.5 Å². The van der Waals surface area contributed by atoms with Crippen molar-refractivity contribution in [1.82, 2.24) is 19.5 Å². The number of oxazole rings is 1. The van der Waals surface area contributed by atoms with Crippen molar-refractivity contribution in [3.63, 3.8) is 0 Å². The zero-order valence-corrected chi connectivity index (χ0v) is 23.1. The summed E-state index contributed by atoms with van der Waals surface area (Å²) >= 11 is 6.16. The minimum Gasteiger partial charge on any atom is -0.439 e. The summed E-state index contributed by atoms with van der Waals surface area (Å²) in [6.07, 6.45) is 2.86. The fourth-order valence-electron chi connectivity index (χ4n) is 4.56. The molecule has 1 N–H and O–H groups in total. The Morgan fingerprint density at radius 2 is 1.79 bits per heavy atom. The summed E-state index contributed by atoms with van der Waals surface area (Å²) in [7, 11) is -3.82. The van der Waals surface area contributed by atoms with E-state index in [1.807, 2.05) is 30.7 Å². The molecule has 5 aromatic rings. The van der Waals surface area contributed by atoms with Gasteiger partial charge in [0.2, 0.25) is 0 Å². The first-order valence-electron chi connectivity index (χ1n) is 11.9. The fourth-order valence-corrected chi connectivity index (χ4v) is 5.67. The van der Waals surface area contributed by atoms with Crippen LogP contribution in [0.25, 0.3) is 39.5 Å². The van der Waals surface area contributed by atoms with Gasteiger partial charge in [0.05, 0.1) is 22.9 Å². The van der Waals surface area contributed by atoms with Gasteiger partial charge < -0.3 is 14.1 Å². The molecule has 0 aliphatic carbocycles. The van der Waals surface area contributed by atoms with Crippen LogP contribution in [-0.2, 0) is 16.4 Å². The second-order valence-electron chi connectivity index (χ2n) is 9.15. The lowest BCUT2D eigenvalue weighted by atomic mass is 9.97. The number of hydrogen-bond donors (Lipinski definition) is 1. The lowest BCUT2D eigenvalue weighted by Gasteiger charge is -2.15. The number of nitrogens with zero attached hydrogens (tertiary/aromatic N) is 4. The highest BCUT2D eigenvalue weighted by Crippen LogP contribution is 2.39. The van der Waals surface area contributed by atoms with E-state index in [9.17, 15) is 17.9 Å². The molecule has 0 atom stereocenters. The lowest BCUT2D eigenvalue weighted by molar-refractivity contribution is 0.272. The molecular formula is C28H24ClFN4O4S. The van der Waals surface area contributed by atoms with Crippen molar-refractivity contribution in [3.05, 3.63) is 88.7 Å². The average molecular weight is 567 g/mol. The van der Waals surface area contributed by atoms with Crippen molar-refractivity contribution in [2.45, 2.75) is 32.3 Å². The Morgan fingerprint density at radius 3 is 2.44 bits per heavy atom. The topological polar surface area (TPSA) is 111 Å². The molecule has 3 aromatic heterocycles. The standard InChI is InChI=1S/C28H24ClFN4O4S/c1-15-13-34(16(2)31-15)24-9-8-18(19-11-22(30)21(14-35)25(12-19)39(4,36)37)10-20(24)27-28(38-17(3)32-27)23-6-5-7-26(29)33-23/h5-13,35H,14H2,1-4H3. The van der Waals surface area contributed by atoms with Crippen molar-refractivity contribution in [3.8, 4) is 39.5 Å². The van der Waals surface area contributed by atoms with E-state index in [4.69, 9.17) is 16.0 Å². The number of halogens is 2. The van der Waals surface area contributed by atoms with E-state index in [-0.39, 0.29) is 15.6 Å². The zero-order valence-electron chi connectivity index (χ0n) is 21.5. The highest BCUT2D eigenvalue weighted by molar-refractivity contribution is 7.90. The minimum absolute atomic E-state index is 0.271. The first kappa shape index (κ1) is 26.7. The summed E-state index contributed by atoms with van der Waals surface area (Å²) in [4.78, 5) is 13.3. The maximum absolute atomic E-state index is 15.0. The number of pyridine rings is 1. The number of sulfone groups is 1. The van der Waals surface area contributed by atoms with Gasteiger partial charge in [-0.3, -0.25) is 0 Å². The largest absolute Gasteiger partial charge is 0.439 e. The molecule has 0 unspecified atom stereocenters. The van der Waals surface area contributed by atoms with Gasteiger partial charge in [0.1, 0.15) is 28.2 Å². The SMILES string of the molecule is Cc1cn(-c2ccc(-c3cc(F)c(CO)c(S(C)(=O)=O)c3)cc2-c2nc(C)oc2-c2cccc(Cl)n2)c(C)n1. The monoisotopic (exact) mass is 566 g/mol. The number of rotatable bonds is 6. The van der Waals surface area contributed by atoms with Crippen LogP contribution in [0.2, 0.25) is 5.15 Å². The van der Waals surface area contributed by atoms with E-state index >= 15 is 0 Å². The molecular weight excluding hydrogens is 543 g/mol. The predicted octanol–water partition coefficient (Wildman–Crippen LogP) is 5.87. The molecule has 0 fully saturated rings. The molecule has 0 aliphatic heterocycles. The number of aromatic nitrogens is 4. The Morgan fingerprint density at radius 1 is 1.03 bits per heavy atom. The van der Waals surface area contributed by atoms with Gasteiger partial charge >= 0.3 is 0 Å². The number of hydrogen-bond acceptors (Lipinski definition) is 7. The molecule has 200 valence electrons. The predicted molar refractivity (Wildman–Crippen MR) is 146 cm³/mol. The van der Waals surface area contributed by atoms with Gasteiger partial charge in [0, 0.05) is 30.5 Å². The van der Waals surface area contributed by atoms with Crippen LogP contribution in [0.1, 0.15) is 23.0 Å². The van der Waals surface area contributed by atoms with Crippen LogP contribution in [-0.4, -0.2) is 39.3 Å². The number of imidazole rings is 1. The third kappa shape index (κ3) is 5.10. The van der Waals surface area contributed by atoms with Gasteiger partial charge in [-0.2, -0.15) is 0 Å². The number of aryl methyl sites for hydroxylation is 3. The van der Waals surface area contributed by atoms with Crippen LogP contribution in [0.15, 0.2) is 64.0 Å². The van der Waals surface area contributed by atoms with E-state index in [1.54, 1.807) is 37.3 Å². The molecule has 8 nitrogen and oxygen atoms in total. The maximum atomic E-state index is 15.0. The van der Waals surface area contributed by atoms with Crippen molar-refractivity contribution in [2.24, 2.45) is 0 Å². The van der Waals surface area contributed by atoms with Crippen LogP contribution >= 0.6 is 11.6 Å². The van der Waals surface area contributed by atoms with Crippen LogP contribution in [0.4, 0.5) is 4.39 Å². The third-order valence-corrected chi connectivity index (χ3v) is 7.61. The molecule has 0 saturated heterocycles. The van der Waals surface area contributed by atoms with Gasteiger partial charge in [-0.25, -0.2) is 27.8 Å². The van der Waals surface area contributed by atoms with Crippen LogP contribution in [0, 0.1) is 26.6 Å². The molecule has 0 radical (unpaired) electrons. The number of benzene rings is 2. The Balaban J connectivity index is 1.80. The summed E-state index contributed by atoms with van der Waals surface area (Å²) in [6, 6.07) is 13.1. The summed E-state index contributed by atoms with van der Waals surface area (Å²) < 4.78 is 47.7. The van der Waals surface area contributed by atoms with Gasteiger partial charge in [-0.15, -0.1) is 0 Å².